The van der Waals surface area contributed by atoms with E-state index >= 15 is 0 Å². The summed E-state index contributed by atoms with van der Waals surface area (Å²) in [6.07, 6.45) is 1.60. The second-order valence-electron chi connectivity index (χ2n) is 9.81. The molecule has 2 aromatic carbocycles. The van der Waals surface area contributed by atoms with Crippen LogP contribution in [0, 0.1) is 0 Å². The normalized spacial score (nSPS) is 12.3. The second-order valence-corrected chi connectivity index (χ2v) is 12.6. The number of benzene rings is 2. The first-order valence-electron chi connectivity index (χ1n) is 11.5. The lowest BCUT2D eigenvalue weighted by molar-refractivity contribution is -0.156. The van der Waals surface area contributed by atoms with Crippen LogP contribution in [0.5, 0.6) is 0 Å². The van der Waals surface area contributed by atoms with Crippen molar-refractivity contribution in [1.29, 1.82) is 0 Å². The number of thioether (sulfide) groups is 2. The van der Waals surface area contributed by atoms with Crippen molar-refractivity contribution in [3.63, 3.8) is 0 Å². The Hall–Kier alpha value is -2.99. The van der Waals surface area contributed by atoms with Gasteiger partial charge in [-0.3, -0.25) is 4.79 Å². The van der Waals surface area contributed by atoms with Crippen molar-refractivity contribution in [2.24, 2.45) is 0 Å². The van der Waals surface area contributed by atoms with Crippen molar-refractivity contribution in [3.8, 4) is 0 Å². The molecule has 0 unspecified atom stereocenters. The quantitative estimate of drug-likeness (QED) is 0.214. The lowest BCUT2D eigenvalue weighted by Crippen LogP contribution is -2.36. The lowest BCUT2D eigenvalue weighted by atomic mass is 10.1. The highest BCUT2D eigenvalue weighted by Gasteiger charge is 2.33. The first-order valence-corrected chi connectivity index (χ1v) is 13.2. The molecule has 3 aromatic rings. The molecule has 0 saturated carbocycles. The fourth-order valence-corrected chi connectivity index (χ4v) is 4.61. The van der Waals surface area contributed by atoms with Crippen molar-refractivity contribution >= 4 is 35.5 Å². The Morgan fingerprint density at radius 1 is 0.895 bits per heavy atom. The van der Waals surface area contributed by atoms with Gasteiger partial charge >= 0.3 is 17.4 Å². The Labute approximate surface area is 227 Å². The van der Waals surface area contributed by atoms with Gasteiger partial charge in [0.25, 0.3) is 0 Å². The maximum Gasteiger partial charge on any atom is 0.446 e. The van der Waals surface area contributed by atoms with Gasteiger partial charge in [0, 0.05) is 9.79 Å². The molecular formula is C26H28F3N3O4S2. The summed E-state index contributed by atoms with van der Waals surface area (Å²) in [5, 5.41) is 7.95. The van der Waals surface area contributed by atoms with Gasteiger partial charge in [-0.2, -0.15) is 13.2 Å². The predicted octanol–water partition coefficient (Wildman–Crippen LogP) is 6.51. The zero-order valence-electron chi connectivity index (χ0n) is 21.5. The molecule has 38 heavy (non-hydrogen) atoms. The van der Waals surface area contributed by atoms with E-state index in [-0.39, 0.29) is 29.2 Å². The third kappa shape index (κ3) is 9.39. The van der Waals surface area contributed by atoms with Crippen LogP contribution in [0.15, 0.2) is 64.5 Å². The first kappa shape index (κ1) is 29.6. The topological polar surface area (TPSA) is 83.3 Å². The zero-order valence-corrected chi connectivity index (χ0v) is 23.2. The Balaban J connectivity index is 1.51. The molecule has 0 fully saturated rings. The van der Waals surface area contributed by atoms with E-state index < -0.39 is 21.8 Å². The number of rotatable bonds is 9. The zero-order chi connectivity index (χ0) is 28.1. The van der Waals surface area contributed by atoms with E-state index in [1.165, 1.54) is 28.6 Å². The number of esters is 2. The van der Waals surface area contributed by atoms with Gasteiger partial charge in [-0.05, 0) is 88.3 Å². The molecular weight excluding hydrogens is 539 g/mol. The molecule has 0 radical (unpaired) electrons. The van der Waals surface area contributed by atoms with Gasteiger partial charge in [0.15, 0.2) is 0 Å². The van der Waals surface area contributed by atoms with E-state index in [0.29, 0.717) is 17.8 Å². The van der Waals surface area contributed by atoms with Crippen molar-refractivity contribution in [2.75, 3.05) is 0 Å². The maximum atomic E-state index is 12.5. The first-order chi connectivity index (χ1) is 17.6. The van der Waals surface area contributed by atoms with E-state index in [0.717, 1.165) is 10.5 Å². The number of alkyl halides is 3. The van der Waals surface area contributed by atoms with Crippen LogP contribution >= 0.6 is 23.5 Å². The minimum atomic E-state index is -4.33. The molecule has 12 heteroatoms. The summed E-state index contributed by atoms with van der Waals surface area (Å²) < 4.78 is 48.9. The van der Waals surface area contributed by atoms with Crippen molar-refractivity contribution < 1.29 is 32.2 Å². The molecule has 0 spiro atoms. The predicted molar refractivity (Wildman–Crippen MR) is 139 cm³/mol. The van der Waals surface area contributed by atoms with Gasteiger partial charge in [-0.15, -0.1) is 16.9 Å². The number of hydrogen-bond acceptors (Lipinski definition) is 8. The molecule has 7 nitrogen and oxygen atoms in total. The third-order valence-electron chi connectivity index (χ3n) is 4.79. The highest BCUT2D eigenvalue weighted by atomic mass is 32.2. The lowest BCUT2D eigenvalue weighted by Gasteiger charge is -2.28. The number of carbonyl (C=O) groups excluding carboxylic acids is 2. The average molecular weight is 568 g/mol. The van der Waals surface area contributed by atoms with E-state index in [1.54, 1.807) is 56.4 Å². The third-order valence-corrected chi connectivity index (χ3v) is 6.72. The van der Waals surface area contributed by atoms with Crippen LogP contribution in [0.1, 0.15) is 56.2 Å². The fraction of sp³-hybridized carbons (Fsp3) is 0.385. The van der Waals surface area contributed by atoms with Gasteiger partial charge in [0.05, 0.1) is 18.3 Å². The number of halogens is 3. The second kappa shape index (κ2) is 11.8. The highest BCUT2D eigenvalue weighted by Crippen LogP contribution is 2.37. The number of hydrogen-bond donors (Lipinski definition) is 0. The summed E-state index contributed by atoms with van der Waals surface area (Å²) in [6, 6.07) is 12.7. The van der Waals surface area contributed by atoms with Crippen LogP contribution in [-0.2, 0) is 27.4 Å². The maximum absolute atomic E-state index is 12.5. The minimum Gasteiger partial charge on any atom is -0.459 e. The summed E-state index contributed by atoms with van der Waals surface area (Å²) >= 11 is 1.16. The minimum absolute atomic E-state index is 0.0951. The number of nitrogens with zero attached hydrogens (tertiary/aromatic N) is 3. The van der Waals surface area contributed by atoms with Gasteiger partial charge < -0.3 is 9.47 Å². The summed E-state index contributed by atoms with van der Waals surface area (Å²) in [5.74, 6) is -0.871. The molecule has 0 aliphatic carbocycles. The largest absolute Gasteiger partial charge is 0.459 e. The standard InChI is InChI=1S/C26H28F3N3O4S2/c1-24(2,3)36-23(34)25(4,5)37-20-12-8-18(9-13-20)22(33)35-16-19-15-32(31-30-19)14-17-6-10-21(11-7-17)38-26(27,28)29/h6-13,15H,14,16H2,1-5H3. The molecule has 1 aromatic heterocycles. The Morgan fingerprint density at radius 3 is 2.05 bits per heavy atom. The van der Waals surface area contributed by atoms with Crippen molar-refractivity contribution in [3.05, 3.63) is 71.5 Å². The number of ether oxygens (including phenoxy) is 2. The van der Waals surface area contributed by atoms with Crippen LogP contribution in [0.4, 0.5) is 13.2 Å². The molecule has 0 N–H and O–H groups in total. The molecule has 1 heterocycles. The van der Waals surface area contributed by atoms with E-state index in [4.69, 9.17) is 9.47 Å². The van der Waals surface area contributed by atoms with Crippen LogP contribution in [0.2, 0.25) is 0 Å². The smallest absolute Gasteiger partial charge is 0.446 e. The van der Waals surface area contributed by atoms with Crippen molar-refractivity contribution in [2.45, 2.75) is 73.4 Å². The van der Waals surface area contributed by atoms with Crippen LogP contribution in [-0.4, -0.2) is 42.8 Å². The molecule has 0 atom stereocenters. The Kier molecular flexibility index (Phi) is 9.19. The Morgan fingerprint density at radius 2 is 1.47 bits per heavy atom. The summed E-state index contributed by atoms with van der Waals surface area (Å²) in [6.45, 7) is 9.21. The van der Waals surface area contributed by atoms with E-state index in [2.05, 4.69) is 10.3 Å². The Bertz CT molecular complexity index is 1250. The number of aromatic nitrogens is 3. The molecule has 0 bridgehead atoms. The summed E-state index contributed by atoms with van der Waals surface area (Å²) in [4.78, 5) is 25.8. The molecule has 0 aliphatic rings. The van der Waals surface area contributed by atoms with Crippen molar-refractivity contribution in [1.82, 2.24) is 15.0 Å². The fourth-order valence-electron chi connectivity index (χ4n) is 3.08. The van der Waals surface area contributed by atoms with Crippen LogP contribution in [0.25, 0.3) is 0 Å². The average Bonchev–Trinajstić information content (AvgIpc) is 3.24. The van der Waals surface area contributed by atoms with Gasteiger partial charge in [0.1, 0.15) is 22.6 Å². The van der Waals surface area contributed by atoms with Gasteiger partial charge in [-0.25, -0.2) is 9.48 Å². The summed E-state index contributed by atoms with van der Waals surface area (Å²) in [7, 11) is 0. The van der Waals surface area contributed by atoms with Gasteiger partial charge in [0.2, 0.25) is 0 Å². The molecule has 204 valence electrons. The summed E-state index contributed by atoms with van der Waals surface area (Å²) in [5.41, 5.74) is -3.40. The molecule has 0 aliphatic heterocycles. The van der Waals surface area contributed by atoms with Gasteiger partial charge in [-0.1, -0.05) is 17.3 Å². The van der Waals surface area contributed by atoms with Crippen LogP contribution < -0.4 is 0 Å². The molecule has 3 rings (SSSR count). The molecule has 0 amide bonds. The highest BCUT2D eigenvalue weighted by molar-refractivity contribution is 8.01. The number of carbonyl (C=O) groups is 2. The SMILES string of the molecule is CC(C)(C)OC(=O)C(C)(C)Sc1ccc(C(=O)OCc2cn(Cc3ccc(SC(F)(F)F)cc3)nn2)cc1. The van der Waals surface area contributed by atoms with E-state index in [9.17, 15) is 22.8 Å². The van der Waals surface area contributed by atoms with Crippen LogP contribution in [0.3, 0.4) is 0 Å². The monoisotopic (exact) mass is 567 g/mol. The molecule has 0 saturated heterocycles. The van der Waals surface area contributed by atoms with E-state index in [1.807, 2.05) is 20.8 Å².